The van der Waals surface area contributed by atoms with Gasteiger partial charge < -0.3 is 15.4 Å². The average molecular weight is 320 g/mol. The van der Waals surface area contributed by atoms with E-state index in [1.165, 1.54) is 24.4 Å². The van der Waals surface area contributed by atoms with Crippen molar-refractivity contribution in [2.45, 2.75) is 13.5 Å². The van der Waals surface area contributed by atoms with Gasteiger partial charge in [0.1, 0.15) is 11.8 Å². The zero-order valence-electron chi connectivity index (χ0n) is 12.3. The smallest absolute Gasteiger partial charge is 0.387 e. The van der Waals surface area contributed by atoms with Crippen LogP contribution in [0.1, 0.15) is 12.5 Å². The van der Waals surface area contributed by atoms with Gasteiger partial charge in [0.2, 0.25) is 5.91 Å². The molecule has 0 atom stereocenters. The Hall–Kier alpha value is -2.95. The van der Waals surface area contributed by atoms with Crippen LogP contribution in [0.4, 0.5) is 14.5 Å². The predicted octanol–water partition coefficient (Wildman–Crippen LogP) is 2.26. The maximum absolute atomic E-state index is 12.3. The highest BCUT2D eigenvalue weighted by atomic mass is 19.3. The van der Waals surface area contributed by atoms with Gasteiger partial charge in [-0.25, -0.2) is 0 Å². The lowest BCUT2D eigenvalue weighted by molar-refractivity contribution is -0.119. The van der Waals surface area contributed by atoms with E-state index in [2.05, 4.69) is 20.4 Å². The number of carbonyl (C=O) groups excluding carboxylic acids is 1. The Morgan fingerprint density at radius 3 is 2.91 bits per heavy atom. The lowest BCUT2D eigenvalue weighted by Gasteiger charge is -2.12. The number of alkyl halides is 2. The van der Waals surface area contributed by atoms with E-state index in [0.717, 1.165) is 0 Å². The SMILES string of the molecule is CCNC(=O)CNc1c(C#N)cnc2ccc(OC(F)F)cc12. The third-order valence-electron chi connectivity index (χ3n) is 2.98. The van der Waals surface area contributed by atoms with Crippen molar-refractivity contribution in [3.8, 4) is 11.8 Å². The summed E-state index contributed by atoms with van der Waals surface area (Å²) in [6.45, 7) is -0.739. The number of hydrogen-bond acceptors (Lipinski definition) is 5. The zero-order valence-corrected chi connectivity index (χ0v) is 12.3. The molecule has 2 aromatic rings. The Kier molecular flexibility index (Phi) is 5.25. The highest BCUT2D eigenvalue weighted by molar-refractivity contribution is 5.96. The van der Waals surface area contributed by atoms with Crippen molar-refractivity contribution in [3.05, 3.63) is 30.0 Å². The number of hydrogen-bond donors (Lipinski definition) is 2. The number of halogens is 2. The van der Waals surface area contributed by atoms with E-state index in [-0.39, 0.29) is 23.8 Å². The molecule has 23 heavy (non-hydrogen) atoms. The molecule has 0 bridgehead atoms. The van der Waals surface area contributed by atoms with Crippen molar-refractivity contribution in [1.82, 2.24) is 10.3 Å². The van der Waals surface area contributed by atoms with Crippen LogP contribution in [-0.4, -0.2) is 30.6 Å². The summed E-state index contributed by atoms with van der Waals surface area (Å²) in [6, 6.07) is 6.18. The molecule has 6 nitrogen and oxygen atoms in total. The second-order valence-electron chi connectivity index (χ2n) is 4.52. The number of pyridine rings is 1. The third-order valence-corrected chi connectivity index (χ3v) is 2.98. The van der Waals surface area contributed by atoms with Crippen molar-refractivity contribution >= 4 is 22.5 Å². The number of nitriles is 1. The number of fused-ring (bicyclic) bond motifs is 1. The van der Waals surface area contributed by atoms with Crippen LogP contribution in [0.2, 0.25) is 0 Å². The van der Waals surface area contributed by atoms with Crippen molar-refractivity contribution in [2.75, 3.05) is 18.4 Å². The number of aromatic nitrogens is 1. The van der Waals surface area contributed by atoms with E-state index < -0.39 is 6.61 Å². The second-order valence-corrected chi connectivity index (χ2v) is 4.52. The van der Waals surface area contributed by atoms with Crippen molar-refractivity contribution in [1.29, 1.82) is 5.26 Å². The molecule has 1 amide bonds. The van der Waals surface area contributed by atoms with Gasteiger partial charge >= 0.3 is 6.61 Å². The maximum Gasteiger partial charge on any atom is 0.387 e. The second kappa shape index (κ2) is 7.35. The molecule has 0 saturated carbocycles. The van der Waals surface area contributed by atoms with Crippen molar-refractivity contribution < 1.29 is 18.3 Å². The predicted molar refractivity (Wildman–Crippen MR) is 80.3 cm³/mol. The molecule has 120 valence electrons. The molecule has 1 heterocycles. The van der Waals surface area contributed by atoms with E-state index in [4.69, 9.17) is 0 Å². The molecular weight excluding hydrogens is 306 g/mol. The Labute approximate surface area is 131 Å². The fraction of sp³-hybridized carbons (Fsp3) is 0.267. The van der Waals surface area contributed by atoms with Gasteiger partial charge in [-0.15, -0.1) is 0 Å². The summed E-state index contributed by atoms with van der Waals surface area (Å²) >= 11 is 0. The van der Waals surface area contributed by atoms with Crippen molar-refractivity contribution in [3.63, 3.8) is 0 Å². The summed E-state index contributed by atoms with van der Waals surface area (Å²) in [5, 5.41) is 15.1. The van der Waals surface area contributed by atoms with Crippen LogP contribution in [0.3, 0.4) is 0 Å². The minimum Gasteiger partial charge on any atom is -0.435 e. The number of anilines is 1. The summed E-state index contributed by atoms with van der Waals surface area (Å²) in [4.78, 5) is 15.7. The van der Waals surface area contributed by atoms with Crippen LogP contribution in [-0.2, 0) is 4.79 Å². The number of ether oxygens (including phenoxy) is 1. The first-order valence-corrected chi connectivity index (χ1v) is 6.83. The first-order valence-electron chi connectivity index (χ1n) is 6.83. The first-order chi connectivity index (χ1) is 11.0. The fourth-order valence-electron chi connectivity index (χ4n) is 2.05. The summed E-state index contributed by atoms with van der Waals surface area (Å²) < 4.78 is 29.1. The Morgan fingerprint density at radius 2 is 2.26 bits per heavy atom. The van der Waals surface area contributed by atoms with Gasteiger partial charge in [-0.05, 0) is 25.1 Å². The molecule has 8 heteroatoms. The Balaban J connectivity index is 2.41. The quantitative estimate of drug-likeness (QED) is 0.852. The molecule has 1 aromatic heterocycles. The fourth-order valence-corrected chi connectivity index (χ4v) is 2.05. The normalized spacial score (nSPS) is 10.4. The summed E-state index contributed by atoms with van der Waals surface area (Å²) in [5.74, 6) is -0.299. The van der Waals surface area contributed by atoms with Gasteiger partial charge in [0.25, 0.3) is 0 Å². The van der Waals surface area contributed by atoms with E-state index >= 15 is 0 Å². The average Bonchev–Trinajstić information content (AvgIpc) is 2.52. The zero-order chi connectivity index (χ0) is 16.8. The lowest BCUT2D eigenvalue weighted by atomic mass is 10.1. The standard InChI is InChI=1S/C15H14F2N4O2/c1-2-19-13(22)8-21-14-9(6-18)7-20-12-4-3-10(5-11(12)14)23-15(16)17/h3-5,7,15H,2,8H2,1H3,(H,19,22)(H,20,21). The number of benzene rings is 1. The van der Waals surface area contributed by atoms with E-state index in [1.807, 2.05) is 6.07 Å². The number of nitrogens with one attached hydrogen (secondary N) is 2. The van der Waals surface area contributed by atoms with Crippen LogP contribution in [0.15, 0.2) is 24.4 Å². The molecule has 1 aromatic carbocycles. The molecule has 2 N–H and O–H groups in total. The first kappa shape index (κ1) is 16.4. The van der Waals surface area contributed by atoms with E-state index in [1.54, 1.807) is 6.92 Å². The topological polar surface area (TPSA) is 87.0 Å². The monoisotopic (exact) mass is 320 g/mol. The summed E-state index contributed by atoms with van der Waals surface area (Å²) in [5.41, 5.74) is 1.04. The summed E-state index contributed by atoms with van der Waals surface area (Å²) in [7, 11) is 0. The Bertz CT molecular complexity index is 759. The molecular formula is C15H14F2N4O2. The van der Waals surface area contributed by atoms with Gasteiger partial charge in [0.15, 0.2) is 0 Å². The lowest BCUT2D eigenvalue weighted by Crippen LogP contribution is -2.29. The molecule has 0 saturated heterocycles. The maximum atomic E-state index is 12.3. The summed E-state index contributed by atoms with van der Waals surface area (Å²) in [6.07, 6.45) is 1.36. The highest BCUT2D eigenvalue weighted by Gasteiger charge is 2.12. The number of likely N-dealkylation sites (N-methyl/N-ethyl adjacent to an activating group) is 1. The Morgan fingerprint density at radius 1 is 1.48 bits per heavy atom. The molecule has 0 unspecified atom stereocenters. The van der Waals surface area contributed by atoms with Crippen LogP contribution >= 0.6 is 0 Å². The van der Waals surface area contributed by atoms with Crippen molar-refractivity contribution in [2.24, 2.45) is 0 Å². The van der Waals surface area contributed by atoms with Gasteiger partial charge in [-0.3, -0.25) is 9.78 Å². The van der Waals surface area contributed by atoms with Crippen LogP contribution in [0.5, 0.6) is 5.75 Å². The number of rotatable bonds is 6. The van der Waals surface area contributed by atoms with E-state index in [0.29, 0.717) is 23.1 Å². The van der Waals surface area contributed by atoms with Crippen LogP contribution in [0, 0.1) is 11.3 Å². The van der Waals surface area contributed by atoms with Crippen LogP contribution in [0.25, 0.3) is 10.9 Å². The number of carbonyl (C=O) groups is 1. The number of amides is 1. The minimum atomic E-state index is -2.95. The van der Waals surface area contributed by atoms with Gasteiger partial charge in [-0.2, -0.15) is 14.0 Å². The molecule has 0 fully saturated rings. The van der Waals surface area contributed by atoms with Crippen LogP contribution < -0.4 is 15.4 Å². The molecule has 2 rings (SSSR count). The largest absolute Gasteiger partial charge is 0.435 e. The third kappa shape index (κ3) is 4.03. The molecule has 0 radical (unpaired) electrons. The van der Waals surface area contributed by atoms with Gasteiger partial charge in [-0.1, -0.05) is 0 Å². The van der Waals surface area contributed by atoms with E-state index in [9.17, 15) is 18.8 Å². The molecule has 0 aliphatic carbocycles. The van der Waals surface area contributed by atoms with Gasteiger partial charge in [0.05, 0.1) is 23.3 Å². The van der Waals surface area contributed by atoms with Gasteiger partial charge in [0, 0.05) is 18.1 Å². The number of nitrogens with zero attached hydrogens (tertiary/aromatic N) is 2. The molecule has 0 aliphatic heterocycles. The molecule has 0 spiro atoms. The molecule has 0 aliphatic rings. The highest BCUT2D eigenvalue weighted by Crippen LogP contribution is 2.29. The minimum absolute atomic E-state index is 0.0505.